The van der Waals surface area contributed by atoms with Crippen molar-refractivity contribution >= 4 is 39.8 Å². The van der Waals surface area contributed by atoms with Gasteiger partial charge in [-0.05, 0) is 60.0 Å². The zero-order valence-electron chi connectivity index (χ0n) is 21.0. The number of halogens is 4. The highest BCUT2D eigenvalue weighted by Crippen LogP contribution is 2.35. The molecule has 0 aliphatic carbocycles. The van der Waals surface area contributed by atoms with Gasteiger partial charge in [-0.2, -0.15) is 13.2 Å². The fourth-order valence-corrected chi connectivity index (χ4v) is 4.60. The maximum atomic E-state index is 14.0. The van der Waals surface area contributed by atoms with Gasteiger partial charge in [0.25, 0.3) is 0 Å². The van der Waals surface area contributed by atoms with Crippen LogP contribution in [0.5, 0.6) is 0 Å². The van der Waals surface area contributed by atoms with Crippen molar-refractivity contribution in [3.05, 3.63) is 78.1 Å². The van der Waals surface area contributed by atoms with Gasteiger partial charge in [0.2, 0.25) is 0 Å². The molecular weight excluding hydrogens is 512 g/mol. The molecule has 39 heavy (non-hydrogen) atoms. The highest BCUT2D eigenvalue weighted by atomic mass is 19.4. The maximum absolute atomic E-state index is 14.0. The van der Waals surface area contributed by atoms with Gasteiger partial charge in [-0.25, -0.2) is 14.2 Å². The number of urea groups is 1. The molecule has 1 aromatic heterocycles. The molecule has 2 amide bonds. The number of hydrogen-bond acceptors (Lipinski definition) is 5. The third-order valence-electron chi connectivity index (χ3n) is 6.67. The number of aromatic nitrogens is 1. The van der Waals surface area contributed by atoms with E-state index in [1.54, 1.807) is 24.3 Å². The van der Waals surface area contributed by atoms with E-state index in [-0.39, 0.29) is 0 Å². The molecule has 0 radical (unpaired) electrons. The molecule has 0 atom stereocenters. The van der Waals surface area contributed by atoms with Gasteiger partial charge in [-0.15, -0.1) is 0 Å². The number of amides is 2. The smallest absolute Gasteiger partial charge is 0.384 e. The number of carbonyl (C=O) groups is 1. The first-order chi connectivity index (χ1) is 18.6. The van der Waals surface area contributed by atoms with E-state index in [2.05, 4.69) is 32.5 Å². The Morgan fingerprint density at radius 3 is 2.33 bits per heavy atom. The van der Waals surface area contributed by atoms with Crippen LogP contribution in [0, 0.1) is 5.82 Å². The number of likely N-dealkylation sites (N-methyl/N-ethyl adjacent to an activating group) is 1. The van der Waals surface area contributed by atoms with E-state index in [9.17, 15) is 22.4 Å². The number of benzene rings is 3. The van der Waals surface area contributed by atoms with Crippen LogP contribution in [-0.4, -0.2) is 49.1 Å². The van der Waals surface area contributed by atoms with E-state index in [0.29, 0.717) is 29.7 Å². The van der Waals surface area contributed by atoms with Crippen molar-refractivity contribution in [3.8, 4) is 11.1 Å². The second-order valence-corrected chi connectivity index (χ2v) is 9.41. The summed E-state index contributed by atoms with van der Waals surface area (Å²) < 4.78 is 52.8. The van der Waals surface area contributed by atoms with Crippen molar-refractivity contribution in [2.24, 2.45) is 0 Å². The topological polar surface area (TPSA) is 86.5 Å². The minimum absolute atomic E-state index is 0.378. The van der Waals surface area contributed by atoms with E-state index in [4.69, 9.17) is 5.73 Å². The number of nitrogens with zero attached hydrogens (tertiary/aromatic N) is 3. The summed E-state index contributed by atoms with van der Waals surface area (Å²) in [6.07, 6.45) is -4.66. The number of anilines is 4. The molecule has 1 saturated heterocycles. The summed E-state index contributed by atoms with van der Waals surface area (Å²) in [7, 11) is 2.09. The van der Waals surface area contributed by atoms with E-state index >= 15 is 0 Å². The number of nitrogens with one attached hydrogen (secondary N) is 2. The summed E-state index contributed by atoms with van der Waals surface area (Å²) in [4.78, 5) is 21.5. The minimum atomic E-state index is -4.66. The van der Waals surface area contributed by atoms with Crippen molar-refractivity contribution in [3.63, 3.8) is 0 Å². The van der Waals surface area contributed by atoms with Crippen LogP contribution in [0.1, 0.15) is 5.56 Å². The number of fused-ring (bicyclic) bond motifs is 1. The second-order valence-electron chi connectivity index (χ2n) is 9.41. The summed E-state index contributed by atoms with van der Waals surface area (Å²) in [6.45, 7) is 3.55. The first kappa shape index (κ1) is 26.2. The summed E-state index contributed by atoms with van der Waals surface area (Å²) >= 11 is 0. The average molecular weight is 539 g/mol. The van der Waals surface area contributed by atoms with Gasteiger partial charge >= 0.3 is 12.2 Å². The summed E-state index contributed by atoms with van der Waals surface area (Å²) in [5.74, 6) is 0.284. The number of nitrogen functional groups attached to an aromatic ring is 1. The number of pyridine rings is 1. The quantitative estimate of drug-likeness (QED) is 0.276. The molecule has 4 N–H and O–H groups in total. The van der Waals surface area contributed by atoms with Crippen molar-refractivity contribution in [2.75, 3.05) is 54.5 Å². The van der Waals surface area contributed by atoms with Crippen molar-refractivity contribution in [2.45, 2.75) is 6.18 Å². The predicted octanol–water partition coefficient (Wildman–Crippen LogP) is 6.04. The molecule has 11 heteroatoms. The van der Waals surface area contributed by atoms with Gasteiger partial charge in [0.1, 0.15) is 17.5 Å². The van der Waals surface area contributed by atoms with Crippen LogP contribution in [0.3, 0.4) is 0 Å². The fraction of sp³-hybridized carbons (Fsp3) is 0.214. The number of carbonyl (C=O) groups excluding carboxylic acids is 1. The van der Waals surface area contributed by atoms with Crippen molar-refractivity contribution < 1.29 is 22.4 Å². The summed E-state index contributed by atoms with van der Waals surface area (Å²) in [6, 6.07) is 15.7. The lowest BCUT2D eigenvalue weighted by molar-refractivity contribution is -0.137. The Balaban J connectivity index is 1.36. The Morgan fingerprint density at radius 1 is 0.923 bits per heavy atom. The Labute approximate surface area is 222 Å². The first-order valence-corrected chi connectivity index (χ1v) is 12.3. The van der Waals surface area contributed by atoms with Gasteiger partial charge in [0, 0.05) is 37.3 Å². The molecule has 202 valence electrons. The van der Waals surface area contributed by atoms with Gasteiger partial charge in [-0.3, -0.25) is 0 Å². The number of hydrogen-bond donors (Lipinski definition) is 3. The lowest BCUT2D eigenvalue weighted by Gasteiger charge is -2.34. The van der Waals surface area contributed by atoms with Crippen LogP contribution in [0.4, 0.5) is 45.4 Å². The zero-order chi connectivity index (χ0) is 27.7. The highest BCUT2D eigenvalue weighted by molar-refractivity contribution is 6.04. The third-order valence-corrected chi connectivity index (χ3v) is 6.67. The molecule has 1 fully saturated rings. The summed E-state index contributed by atoms with van der Waals surface area (Å²) in [5, 5.41) is 6.58. The molecule has 4 aromatic rings. The van der Waals surface area contributed by atoms with Crippen LogP contribution in [0.25, 0.3) is 21.9 Å². The summed E-state index contributed by atoms with van der Waals surface area (Å²) in [5.41, 5.74) is 6.74. The van der Waals surface area contributed by atoms with Gasteiger partial charge in [-0.1, -0.05) is 30.3 Å². The molecular formula is C28H26F4N6O. The van der Waals surface area contributed by atoms with Gasteiger partial charge < -0.3 is 26.2 Å². The number of nitrogens with two attached hydrogens (primary N) is 1. The lowest BCUT2D eigenvalue weighted by atomic mass is 9.98. The monoisotopic (exact) mass is 538 g/mol. The van der Waals surface area contributed by atoms with Crippen LogP contribution >= 0.6 is 0 Å². The van der Waals surface area contributed by atoms with E-state index in [0.717, 1.165) is 53.9 Å². The molecule has 1 aliphatic rings. The van der Waals surface area contributed by atoms with Crippen LogP contribution < -0.4 is 21.3 Å². The molecule has 0 spiro atoms. The zero-order valence-corrected chi connectivity index (χ0v) is 21.0. The molecule has 0 unspecified atom stereocenters. The molecule has 2 heterocycles. The van der Waals surface area contributed by atoms with E-state index in [1.807, 2.05) is 24.3 Å². The SMILES string of the molecule is CN1CCN(c2nc(N)cc3c(-c4ccc(NC(=O)Nc5cc(C(F)(F)F)ccc5F)cc4)cccc23)CC1. The van der Waals surface area contributed by atoms with Crippen LogP contribution in [0.2, 0.25) is 0 Å². The molecule has 7 nitrogen and oxygen atoms in total. The first-order valence-electron chi connectivity index (χ1n) is 12.3. The standard InChI is InChI=1S/C28H26F4N6O/c1-37-11-13-38(14-12-37)26-21-4-2-3-20(22(21)16-25(33)36-26)17-5-8-19(9-6-17)34-27(39)35-24-15-18(28(30,31)32)7-10-23(24)29/h2-10,15-16H,11-14H2,1H3,(H2,33,36)(H2,34,35,39). The molecule has 0 bridgehead atoms. The minimum Gasteiger partial charge on any atom is -0.384 e. The Morgan fingerprint density at radius 2 is 1.64 bits per heavy atom. The lowest BCUT2D eigenvalue weighted by Crippen LogP contribution is -2.44. The van der Waals surface area contributed by atoms with Crippen molar-refractivity contribution in [1.82, 2.24) is 9.88 Å². The molecule has 5 rings (SSSR count). The third kappa shape index (κ3) is 5.73. The maximum Gasteiger partial charge on any atom is 0.416 e. The van der Waals surface area contributed by atoms with Crippen molar-refractivity contribution in [1.29, 1.82) is 0 Å². The van der Waals surface area contributed by atoms with Crippen LogP contribution in [0.15, 0.2) is 66.7 Å². The van der Waals surface area contributed by atoms with Gasteiger partial charge in [0.05, 0.1) is 11.3 Å². The van der Waals surface area contributed by atoms with E-state index < -0.39 is 29.3 Å². The second kappa shape index (κ2) is 10.4. The predicted molar refractivity (Wildman–Crippen MR) is 145 cm³/mol. The molecule has 3 aromatic carbocycles. The van der Waals surface area contributed by atoms with E-state index in [1.165, 1.54) is 0 Å². The van der Waals surface area contributed by atoms with Gasteiger partial charge in [0.15, 0.2) is 0 Å². The normalized spacial score (nSPS) is 14.4. The van der Waals surface area contributed by atoms with Crippen LogP contribution in [-0.2, 0) is 6.18 Å². The molecule has 1 aliphatic heterocycles. The Hall–Kier alpha value is -4.38. The average Bonchev–Trinajstić information content (AvgIpc) is 2.89. The Kier molecular flexibility index (Phi) is 7.00. The Bertz CT molecular complexity index is 1520. The highest BCUT2D eigenvalue weighted by Gasteiger charge is 2.31. The number of alkyl halides is 3. The fourth-order valence-electron chi connectivity index (χ4n) is 4.60. The molecule has 0 saturated carbocycles. The largest absolute Gasteiger partial charge is 0.416 e. The number of piperazine rings is 1. The number of rotatable bonds is 4.